The molecule has 4 heteroatoms. The SMILES string of the molecule is COc1ccc(-c2ccccc2)cc1C(CC(=O)O)N(Cc1ccccc1)[C@H](C)c1ccccc1. The molecule has 4 aromatic rings. The molecule has 0 fully saturated rings. The molecule has 2 atom stereocenters. The number of nitrogens with zero attached hydrogens (tertiary/aromatic N) is 1. The highest BCUT2D eigenvalue weighted by Crippen LogP contribution is 2.40. The topological polar surface area (TPSA) is 49.8 Å². The lowest BCUT2D eigenvalue weighted by Crippen LogP contribution is -2.33. The summed E-state index contributed by atoms with van der Waals surface area (Å²) in [6, 6.07) is 36.2. The van der Waals surface area contributed by atoms with Gasteiger partial charge in [0, 0.05) is 24.2 Å². The number of ether oxygens (including phenoxy) is 1. The van der Waals surface area contributed by atoms with Crippen LogP contribution in [-0.2, 0) is 11.3 Å². The molecule has 4 aromatic carbocycles. The first kappa shape index (κ1) is 24.2. The monoisotopic (exact) mass is 465 g/mol. The molecule has 0 spiro atoms. The molecule has 0 heterocycles. The van der Waals surface area contributed by atoms with Crippen LogP contribution in [0.1, 0.15) is 42.1 Å². The number of benzene rings is 4. The number of hydrogen-bond acceptors (Lipinski definition) is 3. The zero-order valence-electron chi connectivity index (χ0n) is 20.2. The van der Waals surface area contributed by atoms with Crippen molar-refractivity contribution in [2.45, 2.75) is 32.0 Å². The van der Waals surface area contributed by atoms with Crippen LogP contribution in [-0.4, -0.2) is 23.1 Å². The predicted molar refractivity (Wildman–Crippen MR) is 140 cm³/mol. The van der Waals surface area contributed by atoms with Gasteiger partial charge in [0.1, 0.15) is 5.75 Å². The van der Waals surface area contributed by atoms with Crippen LogP contribution in [0.4, 0.5) is 0 Å². The van der Waals surface area contributed by atoms with E-state index < -0.39 is 12.0 Å². The first-order chi connectivity index (χ1) is 17.1. The Balaban J connectivity index is 1.85. The van der Waals surface area contributed by atoms with Crippen LogP contribution < -0.4 is 4.74 Å². The Kier molecular flexibility index (Phi) is 7.96. The first-order valence-electron chi connectivity index (χ1n) is 11.9. The Morgan fingerprint density at radius 3 is 2.03 bits per heavy atom. The van der Waals surface area contributed by atoms with Gasteiger partial charge in [0.05, 0.1) is 13.5 Å². The lowest BCUT2D eigenvalue weighted by atomic mass is 9.93. The van der Waals surface area contributed by atoms with E-state index in [0.29, 0.717) is 12.3 Å². The molecule has 0 radical (unpaired) electrons. The molecular formula is C31H31NO3. The molecule has 4 nitrogen and oxygen atoms in total. The fourth-order valence-electron chi connectivity index (χ4n) is 4.61. The fourth-order valence-corrected chi connectivity index (χ4v) is 4.61. The highest BCUT2D eigenvalue weighted by molar-refractivity contribution is 5.70. The number of carboxylic acids is 1. The van der Waals surface area contributed by atoms with Gasteiger partial charge in [-0.25, -0.2) is 0 Å². The molecule has 0 saturated heterocycles. The number of hydrogen-bond donors (Lipinski definition) is 1. The van der Waals surface area contributed by atoms with Gasteiger partial charge in [0.15, 0.2) is 0 Å². The third kappa shape index (κ3) is 5.97. The van der Waals surface area contributed by atoms with Gasteiger partial charge in [-0.15, -0.1) is 0 Å². The average Bonchev–Trinajstić information content (AvgIpc) is 2.91. The van der Waals surface area contributed by atoms with Gasteiger partial charge in [0.25, 0.3) is 0 Å². The van der Waals surface area contributed by atoms with E-state index in [4.69, 9.17) is 4.74 Å². The second-order valence-electron chi connectivity index (χ2n) is 8.68. The minimum atomic E-state index is -0.847. The fraction of sp³-hybridized carbons (Fsp3) is 0.194. The Morgan fingerprint density at radius 1 is 0.829 bits per heavy atom. The van der Waals surface area contributed by atoms with E-state index >= 15 is 0 Å². The molecule has 0 aromatic heterocycles. The Hall–Kier alpha value is -3.89. The van der Waals surface area contributed by atoms with Crippen LogP contribution in [0.5, 0.6) is 5.75 Å². The maximum Gasteiger partial charge on any atom is 0.305 e. The molecule has 1 N–H and O–H groups in total. The molecule has 4 rings (SSSR count). The van der Waals surface area contributed by atoms with Crippen molar-refractivity contribution in [3.8, 4) is 16.9 Å². The quantitative estimate of drug-likeness (QED) is 0.270. The van der Waals surface area contributed by atoms with Crippen LogP contribution in [0, 0.1) is 0 Å². The van der Waals surface area contributed by atoms with Gasteiger partial charge in [-0.05, 0) is 41.3 Å². The van der Waals surface area contributed by atoms with Crippen molar-refractivity contribution in [1.29, 1.82) is 0 Å². The van der Waals surface area contributed by atoms with E-state index in [1.807, 2.05) is 66.7 Å². The third-order valence-electron chi connectivity index (χ3n) is 6.45. The molecular weight excluding hydrogens is 434 g/mol. The van der Waals surface area contributed by atoms with Gasteiger partial charge < -0.3 is 9.84 Å². The summed E-state index contributed by atoms with van der Waals surface area (Å²) in [4.78, 5) is 14.5. The summed E-state index contributed by atoms with van der Waals surface area (Å²) >= 11 is 0. The van der Waals surface area contributed by atoms with E-state index in [9.17, 15) is 9.90 Å². The third-order valence-corrected chi connectivity index (χ3v) is 6.45. The van der Waals surface area contributed by atoms with Crippen molar-refractivity contribution in [2.24, 2.45) is 0 Å². The molecule has 0 aliphatic heterocycles. The van der Waals surface area contributed by atoms with Gasteiger partial charge >= 0.3 is 5.97 Å². The molecule has 0 bridgehead atoms. The lowest BCUT2D eigenvalue weighted by molar-refractivity contribution is -0.138. The van der Waals surface area contributed by atoms with E-state index in [2.05, 4.69) is 54.3 Å². The highest BCUT2D eigenvalue weighted by atomic mass is 16.5. The Labute approximate surface area is 207 Å². The average molecular weight is 466 g/mol. The van der Waals surface area contributed by atoms with Crippen molar-refractivity contribution in [2.75, 3.05) is 7.11 Å². The number of carbonyl (C=O) groups is 1. The first-order valence-corrected chi connectivity index (χ1v) is 11.9. The summed E-state index contributed by atoms with van der Waals surface area (Å²) in [6.07, 6.45) is -0.0430. The zero-order valence-corrected chi connectivity index (χ0v) is 20.2. The second-order valence-corrected chi connectivity index (χ2v) is 8.68. The summed E-state index contributed by atoms with van der Waals surface area (Å²) in [5.41, 5.74) is 5.25. The minimum Gasteiger partial charge on any atom is -0.496 e. The number of methoxy groups -OCH3 is 1. The largest absolute Gasteiger partial charge is 0.496 e. The standard InChI is InChI=1S/C31H31NO3/c1-23(25-14-8-4-9-15-25)32(22-24-12-6-3-7-13-24)29(21-31(33)34)28-20-27(18-19-30(28)35-2)26-16-10-5-11-17-26/h3-20,23,29H,21-22H2,1-2H3,(H,33,34)/t23-,29?/m1/s1. The molecule has 0 aliphatic carbocycles. The summed E-state index contributed by atoms with van der Waals surface area (Å²) in [5, 5.41) is 9.99. The van der Waals surface area contributed by atoms with E-state index in [1.165, 1.54) is 0 Å². The van der Waals surface area contributed by atoms with Crippen LogP contribution in [0.2, 0.25) is 0 Å². The molecule has 35 heavy (non-hydrogen) atoms. The lowest BCUT2D eigenvalue weighted by Gasteiger charge is -2.37. The van der Waals surface area contributed by atoms with Crippen molar-refractivity contribution in [3.05, 3.63) is 126 Å². The van der Waals surface area contributed by atoms with Crippen molar-refractivity contribution in [1.82, 2.24) is 4.90 Å². The predicted octanol–water partition coefficient (Wildman–Crippen LogP) is 7.14. The smallest absolute Gasteiger partial charge is 0.305 e. The molecule has 178 valence electrons. The van der Waals surface area contributed by atoms with Crippen molar-refractivity contribution < 1.29 is 14.6 Å². The van der Waals surface area contributed by atoms with E-state index in [1.54, 1.807) is 7.11 Å². The number of rotatable bonds is 10. The second kappa shape index (κ2) is 11.5. The Bertz CT molecular complexity index is 1230. The van der Waals surface area contributed by atoms with Crippen LogP contribution in [0.3, 0.4) is 0 Å². The molecule has 0 amide bonds. The van der Waals surface area contributed by atoms with E-state index in [0.717, 1.165) is 27.8 Å². The van der Waals surface area contributed by atoms with Gasteiger partial charge in [0.2, 0.25) is 0 Å². The van der Waals surface area contributed by atoms with Crippen molar-refractivity contribution >= 4 is 5.97 Å². The van der Waals surface area contributed by atoms with Gasteiger partial charge in [-0.1, -0.05) is 97.1 Å². The Morgan fingerprint density at radius 2 is 1.43 bits per heavy atom. The minimum absolute atomic E-state index is 0.0224. The summed E-state index contributed by atoms with van der Waals surface area (Å²) in [6.45, 7) is 2.74. The van der Waals surface area contributed by atoms with Crippen LogP contribution in [0.15, 0.2) is 109 Å². The summed E-state index contributed by atoms with van der Waals surface area (Å²) < 4.78 is 5.76. The zero-order chi connectivity index (χ0) is 24.6. The van der Waals surface area contributed by atoms with Gasteiger partial charge in [-0.3, -0.25) is 9.69 Å². The maximum absolute atomic E-state index is 12.2. The highest BCUT2D eigenvalue weighted by Gasteiger charge is 2.30. The normalized spacial score (nSPS) is 12.8. The van der Waals surface area contributed by atoms with Crippen LogP contribution >= 0.6 is 0 Å². The molecule has 0 saturated carbocycles. The van der Waals surface area contributed by atoms with Crippen molar-refractivity contribution in [3.63, 3.8) is 0 Å². The van der Waals surface area contributed by atoms with Crippen LogP contribution in [0.25, 0.3) is 11.1 Å². The number of aliphatic carboxylic acids is 1. The summed E-state index contributed by atoms with van der Waals surface area (Å²) in [5.74, 6) is -0.158. The molecule has 0 aliphatic rings. The maximum atomic E-state index is 12.2. The van der Waals surface area contributed by atoms with E-state index in [-0.39, 0.29) is 12.5 Å². The summed E-state index contributed by atoms with van der Waals surface area (Å²) in [7, 11) is 1.64. The number of carboxylic acid groups (broad SMARTS) is 1. The molecule has 1 unspecified atom stereocenters. The van der Waals surface area contributed by atoms with Gasteiger partial charge in [-0.2, -0.15) is 0 Å².